The number of nitrogens with one attached hydrogen (secondary N) is 1. The highest BCUT2D eigenvalue weighted by atomic mass is 16.4. The Kier molecular flexibility index (Phi) is 3.71. The van der Waals surface area contributed by atoms with Crippen LogP contribution in [0.3, 0.4) is 0 Å². The van der Waals surface area contributed by atoms with Gasteiger partial charge in [-0.25, -0.2) is 0 Å². The van der Waals surface area contributed by atoms with Crippen LogP contribution in [0.5, 0.6) is 0 Å². The zero-order chi connectivity index (χ0) is 10.6. The monoisotopic (exact) mass is 197 g/mol. The first-order chi connectivity index (χ1) is 6.65. The van der Waals surface area contributed by atoms with Crippen molar-refractivity contribution >= 4 is 5.97 Å². The molecular formula is C10H15NO3. The Morgan fingerprint density at radius 2 is 2.36 bits per heavy atom. The van der Waals surface area contributed by atoms with Gasteiger partial charge < -0.3 is 14.8 Å². The normalized spacial score (nSPS) is 12.7. The number of aliphatic carboxylic acids is 1. The van der Waals surface area contributed by atoms with Gasteiger partial charge >= 0.3 is 5.97 Å². The van der Waals surface area contributed by atoms with E-state index in [1.165, 1.54) is 0 Å². The highest BCUT2D eigenvalue weighted by molar-refractivity contribution is 5.75. The average Bonchev–Trinajstić information content (AvgIpc) is 2.52. The highest BCUT2D eigenvalue weighted by Gasteiger charge is 2.22. The maximum absolute atomic E-state index is 10.9. The fraction of sp³-hybridized carbons (Fsp3) is 0.500. The van der Waals surface area contributed by atoms with Crippen LogP contribution in [0.1, 0.15) is 23.9 Å². The second-order valence-electron chi connectivity index (χ2n) is 3.23. The van der Waals surface area contributed by atoms with Crippen molar-refractivity contribution in [2.24, 2.45) is 0 Å². The molecule has 0 aliphatic carbocycles. The van der Waals surface area contributed by atoms with Crippen molar-refractivity contribution in [2.75, 3.05) is 13.6 Å². The molecule has 1 aromatic heterocycles. The number of carbonyl (C=O) groups is 1. The highest BCUT2D eigenvalue weighted by Crippen LogP contribution is 2.21. The first-order valence-corrected chi connectivity index (χ1v) is 4.59. The molecule has 0 fully saturated rings. The van der Waals surface area contributed by atoms with E-state index in [4.69, 9.17) is 9.52 Å². The molecule has 2 N–H and O–H groups in total. The van der Waals surface area contributed by atoms with Gasteiger partial charge in [-0.15, -0.1) is 0 Å². The van der Waals surface area contributed by atoms with Gasteiger partial charge in [0.1, 0.15) is 17.4 Å². The molecule has 0 saturated carbocycles. The van der Waals surface area contributed by atoms with Crippen molar-refractivity contribution in [3.63, 3.8) is 0 Å². The molecule has 0 bridgehead atoms. The van der Waals surface area contributed by atoms with Crippen LogP contribution in [-0.2, 0) is 4.79 Å². The second-order valence-corrected chi connectivity index (χ2v) is 3.23. The standard InChI is InChI=1S/C10H15NO3/c1-7-3-4-9(14-7)8(10(12)13)5-6-11-2/h3-4,8,11H,5-6H2,1-2H3,(H,12,13). The molecule has 1 unspecified atom stereocenters. The van der Waals surface area contributed by atoms with Crippen LogP contribution in [0.15, 0.2) is 16.5 Å². The maximum atomic E-state index is 10.9. The second kappa shape index (κ2) is 4.81. The van der Waals surface area contributed by atoms with E-state index >= 15 is 0 Å². The van der Waals surface area contributed by atoms with Gasteiger partial charge in [-0.2, -0.15) is 0 Å². The van der Waals surface area contributed by atoms with Crippen molar-refractivity contribution in [2.45, 2.75) is 19.3 Å². The third-order valence-corrected chi connectivity index (χ3v) is 2.09. The first-order valence-electron chi connectivity index (χ1n) is 4.59. The van der Waals surface area contributed by atoms with Crippen LogP contribution in [0.2, 0.25) is 0 Å². The lowest BCUT2D eigenvalue weighted by atomic mass is 10.0. The summed E-state index contributed by atoms with van der Waals surface area (Å²) < 4.78 is 5.30. The molecule has 14 heavy (non-hydrogen) atoms. The molecular weight excluding hydrogens is 182 g/mol. The van der Waals surface area contributed by atoms with Gasteiger partial charge in [0.25, 0.3) is 0 Å². The summed E-state index contributed by atoms with van der Waals surface area (Å²) in [5.74, 6) is -0.105. The van der Waals surface area contributed by atoms with Gasteiger partial charge in [0, 0.05) is 0 Å². The molecule has 0 radical (unpaired) electrons. The maximum Gasteiger partial charge on any atom is 0.314 e. The Morgan fingerprint density at radius 3 is 2.79 bits per heavy atom. The third kappa shape index (κ3) is 2.60. The predicted octanol–water partition coefficient (Wildman–Crippen LogP) is 1.37. The molecule has 1 heterocycles. The zero-order valence-electron chi connectivity index (χ0n) is 8.41. The Morgan fingerprint density at radius 1 is 1.64 bits per heavy atom. The van der Waals surface area contributed by atoms with Gasteiger partial charge in [0.15, 0.2) is 0 Å². The summed E-state index contributed by atoms with van der Waals surface area (Å²) in [6, 6.07) is 3.51. The summed E-state index contributed by atoms with van der Waals surface area (Å²) in [6.45, 7) is 2.47. The Hall–Kier alpha value is -1.29. The summed E-state index contributed by atoms with van der Waals surface area (Å²) in [5, 5.41) is 11.9. The van der Waals surface area contributed by atoms with Gasteiger partial charge in [-0.05, 0) is 39.1 Å². The molecule has 0 aromatic carbocycles. The molecule has 4 heteroatoms. The predicted molar refractivity (Wildman–Crippen MR) is 52.4 cm³/mol. The van der Waals surface area contributed by atoms with Crippen molar-refractivity contribution in [1.29, 1.82) is 0 Å². The average molecular weight is 197 g/mol. The smallest absolute Gasteiger partial charge is 0.314 e. The van der Waals surface area contributed by atoms with E-state index in [0.29, 0.717) is 18.7 Å². The van der Waals surface area contributed by atoms with E-state index in [9.17, 15) is 4.79 Å². The molecule has 4 nitrogen and oxygen atoms in total. The van der Waals surface area contributed by atoms with Crippen LogP contribution >= 0.6 is 0 Å². The van der Waals surface area contributed by atoms with E-state index in [0.717, 1.165) is 5.76 Å². The van der Waals surface area contributed by atoms with Gasteiger partial charge in [0.2, 0.25) is 0 Å². The Balaban J connectivity index is 2.72. The number of hydrogen-bond acceptors (Lipinski definition) is 3. The van der Waals surface area contributed by atoms with Gasteiger partial charge in [0.05, 0.1) is 0 Å². The molecule has 0 saturated heterocycles. The molecule has 78 valence electrons. The Labute approximate surface area is 82.9 Å². The van der Waals surface area contributed by atoms with E-state index in [1.807, 2.05) is 0 Å². The molecule has 0 spiro atoms. The van der Waals surface area contributed by atoms with Crippen LogP contribution in [0.4, 0.5) is 0 Å². The van der Waals surface area contributed by atoms with Gasteiger partial charge in [-0.1, -0.05) is 0 Å². The molecule has 0 aliphatic rings. The number of furan rings is 1. The van der Waals surface area contributed by atoms with Crippen molar-refractivity contribution in [3.8, 4) is 0 Å². The topological polar surface area (TPSA) is 62.5 Å². The van der Waals surface area contributed by atoms with E-state index in [1.54, 1.807) is 26.1 Å². The van der Waals surface area contributed by atoms with Crippen LogP contribution in [0.25, 0.3) is 0 Å². The lowest BCUT2D eigenvalue weighted by Crippen LogP contribution is -2.17. The lowest BCUT2D eigenvalue weighted by Gasteiger charge is -2.08. The van der Waals surface area contributed by atoms with Crippen LogP contribution < -0.4 is 5.32 Å². The number of carboxylic acid groups (broad SMARTS) is 1. The molecule has 1 atom stereocenters. The quantitative estimate of drug-likeness (QED) is 0.748. The molecule has 0 amide bonds. The summed E-state index contributed by atoms with van der Waals surface area (Å²) in [4.78, 5) is 10.9. The number of carboxylic acids is 1. The molecule has 0 aliphatic heterocycles. The SMILES string of the molecule is CNCCC(C(=O)O)c1ccc(C)o1. The summed E-state index contributed by atoms with van der Waals surface area (Å²) >= 11 is 0. The van der Waals surface area contributed by atoms with Crippen molar-refractivity contribution in [1.82, 2.24) is 5.32 Å². The minimum Gasteiger partial charge on any atom is -0.481 e. The summed E-state index contributed by atoms with van der Waals surface area (Å²) in [7, 11) is 1.80. The van der Waals surface area contributed by atoms with Crippen molar-refractivity contribution < 1.29 is 14.3 Å². The third-order valence-electron chi connectivity index (χ3n) is 2.09. The number of hydrogen-bond donors (Lipinski definition) is 2. The largest absolute Gasteiger partial charge is 0.481 e. The Bertz CT molecular complexity index is 306. The zero-order valence-corrected chi connectivity index (χ0v) is 8.41. The summed E-state index contributed by atoms with van der Waals surface area (Å²) in [6.07, 6.45) is 0.540. The van der Waals surface area contributed by atoms with Gasteiger partial charge in [-0.3, -0.25) is 4.79 Å². The molecule has 1 rings (SSSR count). The number of aryl methyl sites for hydroxylation is 1. The van der Waals surface area contributed by atoms with E-state index < -0.39 is 11.9 Å². The summed E-state index contributed by atoms with van der Waals surface area (Å²) in [5.41, 5.74) is 0. The fourth-order valence-electron chi connectivity index (χ4n) is 1.32. The van der Waals surface area contributed by atoms with Crippen LogP contribution in [-0.4, -0.2) is 24.7 Å². The lowest BCUT2D eigenvalue weighted by molar-refractivity contribution is -0.139. The van der Waals surface area contributed by atoms with E-state index in [2.05, 4.69) is 5.32 Å². The number of rotatable bonds is 5. The fourth-order valence-corrected chi connectivity index (χ4v) is 1.32. The van der Waals surface area contributed by atoms with Crippen molar-refractivity contribution in [3.05, 3.63) is 23.7 Å². The van der Waals surface area contributed by atoms with Crippen LogP contribution in [0, 0.1) is 6.92 Å². The first kappa shape index (κ1) is 10.8. The minimum atomic E-state index is -0.838. The van der Waals surface area contributed by atoms with E-state index in [-0.39, 0.29) is 0 Å². The molecule has 1 aromatic rings. The minimum absolute atomic E-state index is 0.533.